The first-order chi connectivity index (χ1) is 9.19. The number of rotatable bonds is 1. The number of carbonyl (C=O) groups is 1. The van der Waals surface area contributed by atoms with Crippen molar-refractivity contribution in [3.8, 4) is 11.5 Å². The Hall–Kier alpha value is -1.75. The number of fused-ring (bicyclic) bond motifs is 3. The topological polar surface area (TPSA) is 50.8 Å². The average Bonchev–Trinajstić information content (AvgIpc) is 2.80. The van der Waals surface area contributed by atoms with Crippen molar-refractivity contribution in [3.63, 3.8) is 0 Å². The van der Waals surface area contributed by atoms with Crippen LogP contribution in [0.25, 0.3) is 0 Å². The van der Waals surface area contributed by atoms with E-state index >= 15 is 0 Å². The van der Waals surface area contributed by atoms with E-state index in [9.17, 15) is 4.79 Å². The average molecular weight is 262 g/mol. The van der Waals surface area contributed by atoms with Crippen molar-refractivity contribution in [1.82, 2.24) is 10.2 Å². The minimum absolute atomic E-state index is 0.429. The maximum atomic E-state index is 11.2. The molecule has 1 saturated heterocycles. The van der Waals surface area contributed by atoms with E-state index in [4.69, 9.17) is 9.47 Å². The maximum Gasteiger partial charge on any atom is 0.412 e. The summed E-state index contributed by atoms with van der Waals surface area (Å²) in [6.45, 7) is 1.85. The van der Waals surface area contributed by atoms with E-state index in [-0.39, 0.29) is 0 Å². The second kappa shape index (κ2) is 4.74. The fourth-order valence-electron chi connectivity index (χ4n) is 2.99. The zero-order chi connectivity index (χ0) is 13.4. The lowest BCUT2D eigenvalue weighted by atomic mass is 9.91. The predicted molar refractivity (Wildman–Crippen MR) is 70.5 cm³/mol. The number of amides is 1. The third-order valence-electron chi connectivity index (χ3n) is 3.95. The number of hydrogen-bond acceptors (Lipinski definition) is 4. The van der Waals surface area contributed by atoms with Crippen LogP contribution in [0.15, 0.2) is 18.2 Å². The Kier molecular flexibility index (Phi) is 3.06. The van der Waals surface area contributed by atoms with Crippen LogP contribution in [0.2, 0.25) is 0 Å². The van der Waals surface area contributed by atoms with Crippen LogP contribution in [-0.4, -0.2) is 38.2 Å². The first-order valence-electron chi connectivity index (χ1n) is 6.55. The fraction of sp³-hybridized carbons (Fsp3) is 0.500. The molecule has 2 aliphatic rings. The molecule has 2 heterocycles. The molecule has 1 aromatic rings. The number of benzene rings is 1. The van der Waals surface area contributed by atoms with Crippen LogP contribution in [0.1, 0.15) is 18.0 Å². The second-order valence-corrected chi connectivity index (χ2v) is 5.12. The van der Waals surface area contributed by atoms with Gasteiger partial charge < -0.3 is 14.8 Å². The molecule has 3 rings (SSSR count). The first kappa shape index (κ1) is 12.3. The van der Waals surface area contributed by atoms with Crippen molar-refractivity contribution >= 4 is 6.09 Å². The van der Waals surface area contributed by atoms with Gasteiger partial charge in [-0.05, 0) is 26.1 Å². The molecule has 2 atom stereocenters. The van der Waals surface area contributed by atoms with Gasteiger partial charge in [0, 0.05) is 30.6 Å². The normalized spacial score (nSPS) is 25.2. The van der Waals surface area contributed by atoms with Crippen molar-refractivity contribution in [3.05, 3.63) is 23.8 Å². The van der Waals surface area contributed by atoms with Gasteiger partial charge in [0.25, 0.3) is 0 Å². The highest BCUT2D eigenvalue weighted by molar-refractivity contribution is 5.70. The Balaban J connectivity index is 1.88. The van der Waals surface area contributed by atoms with E-state index in [2.05, 4.69) is 17.3 Å². The van der Waals surface area contributed by atoms with Gasteiger partial charge in [-0.3, -0.25) is 4.90 Å². The number of carbonyl (C=O) groups excluding carboxylic acids is 1. The van der Waals surface area contributed by atoms with Gasteiger partial charge in [-0.2, -0.15) is 0 Å². The van der Waals surface area contributed by atoms with E-state index in [0.29, 0.717) is 17.7 Å². The predicted octanol–water partition coefficient (Wildman–Crippen LogP) is 1.79. The number of nitrogens with zero attached hydrogens (tertiary/aromatic N) is 1. The van der Waals surface area contributed by atoms with Crippen molar-refractivity contribution in [2.45, 2.75) is 12.5 Å². The SMILES string of the molecule is CNC(=O)Oc1ccc2c(c1)OC[C@@H]1CCN(C)[C@H]21. The van der Waals surface area contributed by atoms with Crippen LogP contribution in [0, 0.1) is 5.92 Å². The molecule has 0 aromatic heterocycles. The largest absolute Gasteiger partial charge is 0.493 e. The molecule has 1 amide bonds. The summed E-state index contributed by atoms with van der Waals surface area (Å²) in [6, 6.07) is 6.06. The van der Waals surface area contributed by atoms with Gasteiger partial charge >= 0.3 is 6.09 Å². The molecular weight excluding hydrogens is 244 g/mol. The number of nitrogens with one attached hydrogen (secondary N) is 1. The van der Waals surface area contributed by atoms with Gasteiger partial charge in [0.1, 0.15) is 11.5 Å². The molecule has 1 N–H and O–H groups in total. The van der Waals surface area contributed by atoms with E-state index in [1.807, 2.05) is 12.1 Å². The third kappa shape index (κ3) is 2.14. The number of hydrogen-bond donors (Lipinski definition) is 1. The molecule has 2 aliphatic heterocycles. The first-order valence-corrected chi connectivity index (χ1v) is 6.55. The van der Waals surface area contributed by atoms with Crippen molar-refractivity contribution < 1.29 is 14.3 Å². The van der Waals surface area contributed by atoms with Crippen LogP contribution in [0.3, 0.4) is 0 Å². The summed E-state index contributed by atoms with van der Waals surface area (Å²) in [5, 5.41) is 2.43. The molecule has 0 unspecified atom stereocenters. The van der Waals surface area contributed by atoms with Crippen molar-refractivity contribution in [2.24, 2.45) is 5.92 Å². The molecule has 19 heavy (non-hydrogen) atoms. The summed E-state index contributed by atoms with van der Waals surface area (Å²) >= 11 is 0. The lowest BCUT2D eigenvalue weighted by molar-refractivity contribution is 0.163. The summed E-state index contributed by atoms with van der Waals surface area (Å²) in [6.07, 6.45) is 0.712. The Labute approximate surface area is 112 Å². The van der Waals surface area contributed by atoms with Gasteiger partial charge in [0.05, 0.1) is 6.61 Å². The molecule has 102 valence electrons. The molecular formula is C14H18N2O3. The molecule has 0 saturated carbocycles. The van der Waals surface area contributed by atoms with Crippen LogP contribution in [0.5, 0.6) is 11.5 Å². The summed E-state index contributed by atoms with van der Waals surface area (Å²) in [5.41, 5.74) is 1.19. The Bertz CT molecular complexity index is 503. The quantitative estimate of drug-likeness (QED) is 0.838. The minimum atomic E-state index is -0.466. The second-order valence-electron chi connectivity index (χ2n) is 5.12. The van der Waals surface area contributed by atoms with Gasteiger partial charge in [-0.25, -0.2) is 4.79 Å². The van der Waals surface area contributed by atoms with Crippen molar-refractivity contribution in [1.29, 1.82) is 0 Å². The Morgan fingerprint density at radius 3 is 3.16 bits per heavy atom. The highest BCUT2D eigenvalue weighted by atomic mass is 16.6. The molecule has 0 bridgehead atoms. The molecule has 5 heteroatoms. The van der Waals surface area contributed by atoms with E-state index in [1.165, 1.54) is 19.0 Å². The van der Waals surface area contributed by atoms with E-state index in [0.717, 1.165) is 18.9 Å². The van der Waals surface area contributed by atoms with E-state index in [1.54, 1.807) is 6.07 Å². The monoisotopic (exact) mass is 262 g/mol. The smallest absolute Gasteiger partial charge is 0.412 e. The van der Waals surface area contributed by atoms with Gasteiger partial charge in [-0.15, -0.1) is 0 Å². The van der Waals surface area contributed by atoms with Gasteiger partial charge in [-0.1, -0.05) is 6.07 Å². The highest BCUT2D eigenvalue weighted by Crippen LogP contribution is 2.44. The third-order valence-corrected chi connectivity index (χ3v) is 3.95. The lowest BCUT2D eigenvalue weighted by Crippen LogP contribution is -2.29. The van der Waals surface area contributed by atoms with Crippen LogP contribution in [-0.2, 0) is 0 Å². The van der Waals surface area contributed by atoms with Crippen LogP contribution >= 0.6 is 0 Å². The maximum absolute atomic E-state index is 11.2. The van der Waals surface area contributed by atoms with E-state index < -0.39 is 6.09 Å². The zero-order valence-electron chi connectivity index (χ0n) is 11.2. The molecule has 0 aliphatic carbocycles. The van der Waals surface area contributed by atoms with Crippen LogP contribution < -0.4 is 14.8 Å². The molecule has 1 aromatic carbocycles. The van der Waals surface area contributed by atoms with Gasteiger partial charge in [0.2, 0.25) is 0 Å². The summed E-state index contributed by atoms with van der Waals surface area (Å²) in [7, 11) is 3.68. The number of likely N-dealkylation sites (tertiary alicyclic amines) is 1. The van der Waals surface area contributed by atoms with Crippen LogP contribution in [0.4, 0.5) is 4.79 Å². The minimum Gasteiger partial charge on any atom is -0.493 e. The Morgan fingerprint density at radius 1 is 1.53 bits per heavy atom. The number of ether oxygens (including phenoxy) is 2. The summed E-state index contributed by atoms with van der Waals surface area (Å²) in [5.74, 6) is 1.91. The lowest BCUT2D eigenvalue weighted by Gasteiger charge is -2.32. The molecule has 0 radical (unpaired) electrons. The molecule has 1 fully saturated rings. The highest BCUT2D eigenvalue weighted by Gasteiger charge is 2.38. The van der Waals surface area contributed by atoms with Gasteiger partial charge in [0.15, 0.2) is 0 Å². The zero-order valence-corrected chi connectivity index (χ0v) is 11.2. The fourth-order valence-corrected chi connectivity index (χ4v) is 2.99. The van der Waals surface area contributed by atoms with Crippen molar-refractivity contribution in [2.75, 3.05) is 27.2 Å². The molecule has 5 nitrogen and oxygen atoms in total. The summed E-state index contributed by atoms with van der Waals surface area (Å²) in [4.78, 5) is 13.6. The standard InChI is InChI=1S/C14H18N2O3/c1-15-14(17)19-10-3-4-11-12(7-10)18-8-9-5-6-16(2)13(9)11/h3-4,7,9,13H,5-6,8H2,1-2H3,(H,15,17)/t9-,13-/m0/s1. The Morgan fingerprint density at radius 2 is 2.37 bits per heavy atom. The summed E-state index contributed by atoms with van der Waals surface area (Å²) < 4.78 is 10.9. The molecule has 0 spiro atoms.